The van der Waals surface area contributed by atoms with Gasteiger partial charge in [0.2, 0.25) is 0 Å². The van der Waals surface area contributed by atoms with Gasteiger partial charge >= 0.3 is 0 Å². The van der Waals surface area contributed by atoms with E-state index in [9.17, 15) is 0 Å². The number of aliphatic imine (C=N–C) groups is 1. The lowest BCUT2D eigenvalue weighted by molar-refractivity contribution is 0.229. The van der Waals surface area contributed by atoms with Gasteiger partial charge in [-0.25, -0.2) is 4.99 Å². The van der Waals surface area contributed by atoms with Crippen molar-refractivity contribution in [2.24, 2.45) is 23.9 Å². The van der Waals surface area contributed by atoms with Gasteiger partial charge in [-0.1, -0.05) is 51.2 Å². The maximum atomic E-state index is 5.26. The summed E-state index contributed by atoms with van der Waals surface area (Å²) in [5.74, 6) is 4.90. The molecule has 1 aliphatic carbocycles. The molecule has 184 valence electrons. The van der Waals surface area contributed by atoms with Gasteiger partial charge in [-0.05, 0) is 49.8 Å². The summed E-state index contributed by atoms with van der Waals surface area (Å²) < 4.78 is 7.25. The molecule has 2 aromatic rings. The van der Waals surface area contributed by atoms with E-state index in [0.29, 0.717) is 18.5 Å². The number of methoxy groups -OCH3 is 1. The van der Waals surface area contributed by atoms with E-state index in [2.05, 4.69) is 46.8 Å². The van der Waals surface area contributed by atoms with Crippen molar-refractivity contribution in [3.8, 4) is 5.75 Å². The molecule has 3 rings (SSSR count). The summed E-state index contributed by atoms with van der Waals surface area (Å²) >= 11 is 0. The fourth-order valence-corrected chi connectivity index (χ4v) is 4.42. The quantitative estimate of drug-likeness (QED) is 0.262. The van der Waals surface area contributed by atoms with Crippen LogP contribution in [-0.2, 0) is 20.0 Å². The summed E-state index contributed by atoms with van der Waals surface area (Å²) in [6, 6.07) is 8.59. The number of halogens is 1. The Morgan fingerprint density at radius 1 is 1.15 bits per heavy atom. The zero-order valence-corrected chi connectivity index (χ0v) is 23.1. The van der Waals surface area contributed by atoms with Crippen LogP contribution in [0, 0.1) is 18.8 Å². The van der Waals surface area contributed by atoms with Crippen LogP contribution in [0.25, 0.3) is 0 Å². The van der Waals surface area contributed by atoms with Crippen LogP contribution in [-0.4, -0.2) is 40.4 Å². The summed E-state index contributed by atoms with van der Waals surface area (Å²) in [6.07, 6.45) is 7.75. The molecule has 0 amide bonds. The number of hydrogen-bond donors (Lipinski definition) is 2. The second-order valence-electron chi connectivity index (χ2n) is 9.10. The van der Waals surface area contributed by atoms with Crippen LogP contribution < -0.4 is 15.4 Å². The average Bonchev–Trinajstić information content (AvgIpc) is 3.15. The van der Waals surface area contributed by atoms with Crippen molar-refractivity contribution in [3.63, 3.8) is 0 Å². The number of ether oxygens (including phenoxy) is 1. The molecular weight excluding hydrogens is 527 g/mol. The van der Waals surface area contributed by atoms with Gasteiger partial charge in [0, 0.05) is 19.6 Å². The van der Waals surface area contributed by atoms with Crippen molar-refractivity contribution in [1.29, 1.82) is 0 Å². The first-order valence-electron chi connectivity index (χ1n) is 12.0. The van der Waals surface area contributed by atoms with Crippen molar-refractivity contribution < 1.29 is 4.74 Å². The van der Waals surface area contributed by atoms with Gasteiger partial charge in [0.25, 0.3) is 0 Å². The van der Waals surface area contributed by atoms with E-state index in [1.54, 1.807) is 7.11 Å². The van der Waals surface area contributed by atoms with E-state index in [1.807, 2.05) is 30.7 Å². The number of guanidine groups is 1. The number of nitrogens with zero attached hydrogens (tertiary/aromatic N) is 4. The molecule has 1 saturated carbocycles. The van der Waals surface area contributed by atoms with E-state index < -0.39 is 0 Å². The standard InChI is InChI=1S/C25H40N6O.HI/c1-18(22-9-7-6-8-10-22)19(2)28-25(27-17-24-30-29-20(3)31(24)4)26-16-15-21-11-13-23(32-5)14-12-21;/h11-14,18-19,22H,6-10,15-17H2,1-5H3,(H2,26,27,28);1H. The fourth-order valence-electron chi connectivity index (χ4n) is 4.42. The highest BCUT2D eigenvalue weighted by molar-refractivity contribution is 14.0. The Hall–Kier alpha value is -1.84. The van der Waals surface area contributed by atoms with Gasteiger partial charge in [0.05, 0.1) is 7.11 Å². The maximum absolute atomic E-state index is 5.26. The summed E-state index contributed by atoms with van der Waals surface area (Å²) in [4.78, 5) is 4.85. The molecule has 1 aromatic heterocycles. The highest BCUT2D eigenvalue weighted by Crippen LogP contribution is 2.31. The third-order valence-electron chi connectivity index (χ3n) is 6.97. The molecule has 33 heavy (non-hydrogen) atoms. The topological polar surface area (TPSA) is 76.4 Å². The minimum absolute atomic E-state index is 0. The van der Waals surface area contributed by atoms with E-state index in [4.69, 9.17) is 9.73 Å². The van der Waals surface area contributed by atoms with Gasteiger partial charge in [-0.15, -0.1) is 34.2 Å². The predicted molar refractivity (Wildman–Crippen MR) is 145 cm³/mol. The SMILES string of the molecule is COc1ccc(CCNC(=NCc2nnc(C)n2C)NC(C)C(C)C2CCCCC2)cc1.I. The summed E-state index contributed by atoms with van der Waals surface area (Å²) in [7, 11) is 3.68. The molecule has 8 heteroatoms. The average molecular weight is 569 g/mol. The summed E-state index contributed by atoms with van der Waals surface area (Å²) in [6.45, 7) is 7.93. The zero-order chi connectivity index (χ0) is 22.9. The normalized spacial score (nSPS) is 16.6. The summed E-state index contributed by atoms with van der Waals surface area (Å²) in [5, 5.41) is 15.6. The number of aromatic nitrogens is 3. The van der Waals surface area contributed by atoms with Gasteiger partial charge in [0.1, 0.15) is 18.1 Å². The monoisotopic (exact) mass is 568 g/mol. The van der Waals surface area contributed by atoms with Crippen LogP contribution in [0.4, 0.5) is 0 Å². The van der Waals surface area contributed by atoms with Gasteiger partial charge in [-0.3, -0.25) is 0 Å². The van der Waals surface area contributed by atoms with E-state index >= 15 is 0 Å². The molecule has 2 unspecified atom stereocenters. The molecule has 0 aliphatic heterocycles. The lowest BCUT2D eigenvalue weighted by atomic mass is 9.78. The Morgan fingerprint density at radius 3 is 2.45 bits per heavy atom. The van der Waals surface area contributed by atoms with Crippen LogP contribution in [0.15, 0.2) is 29.3 Å². The number of hydrogen-bond acceptors (Lipinski definition) is 4. The molecule has 1 heterocycles. The highest BCUT2D eigenvalue weighted by atomic mass is 127. The predicted octanol–water partition coefficient (Wildman–Crippen LogP) is 4.63. The zero-order valence-electron chi connectivity index (χ0n) is 20.8. The molecule has 0 spiro atoms. The van der Waals surface area contributed by atoms with E-state index in [1.165, 1.54) is 37.7 Å². The van der Waals surface area contributed by atoms with Crippen molar-refractivity contribution in [1.82, 2.24) is 25.4 Å². The second-order valence-corrected chi connectivity index (χ2v) is 9.10. The molecule has 7 nitrogen and oxygen atoms in total. The highest BCUT2D eigenvalue weighted by Gasteiger charge is 2.25. The van der Waals surface area contributed by atoms with Crippen LogP contribution in [0.5, 0.6) is 5.75 Å². The van der Waals surface area contributed by atoms with Gasteiger partial charge in [0.15, 0.2) is 11.8 Å². The second kappa shape index (κ2) is 13.8. The molecule has 1 aromatic carbocycles. The van der Waals surface area contributed by atoms with Gasteiger partial charge < -0.3 is 19.9 Å². The lowest BCUT2D eigenvalue weighted by Gasteiger charge is -2.33. The maximum Gasteiger partial charge on any atom is 0.191 e. The molecule has 2 atom stereocenters. The van der Waals surface area contributed by atoms with Gasteiger partial charge in [-0.2, -0.15) is 0 Å². The van der Waals surface area contributed by atoms with E-state index in [0.717, 1.165) is 42.2 Å². The minimum atomic E-state index is 0. The molecule has 0 saturated heterocycles. The first-order valence-corrected chi connectivity index (χ1v) is 12.0. The Labute approximate surface area is 216 Å². The van der Waals surface area contributed by atoms with Crippen LogP contribution in [0.1, 0.15) is 63.2 Å². The Morgan fingerprint density at radius 2 is 1.85 bits per heavy atom. The van der Waals surface area contributed by atoms with Crippen LogP contribution in [0.3, 0.4) is 0 Å². The fraction of sp³-hybridized carbons (Fsp3) is 0.640. The van der Waals surface area contributed by atoms with Crippen LogP contribution in [0.2, 0.25) is 0 Å². The van der Waals surface area contributed by atoms with Crippen molar-refractivity contribution >= 4 is 29.9 Å². The lowest BCUT2D eigenvalue weighted by Crippen LogP contribution is -2.47. The molecule has 0 radical (unpaired) electrons. The number of nitrogens with one attached hydrogen (secondary N) is 2. The Bertz CT molecular complexity index is 860. The number of rotatable bonds is 9. The Kier molecular flexibility index (Phi) is 11.4. The molecule has 0 bridgehead atoms. The first-order chi connectivity index (χ1) is 15.5. The van der Waals surface area contributed by atoms with Crippen molar-refractivity contribution in [3.05, 3.63) is 41.5 Å². The number of aryl methyl sites for hydroxylation is 1. The molecule has 1 aliphatic rings. The number of benzene rings is 1. The third kappa shape index (κ3) is 8.15. The van der Waals surface area contributed by atoms with Crippen LogP contribution >= 0.6 is 24.0 Å². The van der Waals surface area contributed by atoms with E-state index in [-0.39, 0.29) is 24.0 Å². The first kappa shape index (κ1) is 27.4. The molecule has 1 fully saturated rings. The van der Waals surface area contributed by atoms with Crippen molar-refractivity contribution in [2.75, 3.05) is 13.7 Å². The summed E-state index contributed by atoms with van der Waals surface area (Å²) in [5.41, 5.74) is 1.27. The smallest absolute Gasteiger partial charge is 0.191 e. The molecule has 2 N–H and O–H groups in total. The Balaban J connectivity index is 0.00000385. The third-order valence-corrected chi connectivity index (χ3v) is 6.97. The minimum Gasteiger partial charge on any atom is -0.497 e. The largest absolute Gasteiger partial charge is 0.497 e. The molecular formula is C25H41IN6O. The van der Waals surface area contributed by atoms with Crippen molar-refractivity contribution in [2.45, 2.75) is 71.9 Å².